The van der Waals surface area contributed by atoms with Crippen molar-refractivity contribution in [2.24, 2.45) is 0 Å². The van der Waals surface area contributed by atoms with E-state index in [1.165, 1.54) is 31.0 Å². The zero-order chi connectivity index (χ0) is 23.0. The third-order valence-electron chi connectivity index (χ3n) is 6.46. The Kier molecular flexibility index (Phi) is 8.25. The monoisotopic (exact) mass is 471 g/mol. The van der Waals surface area contributed by atoms with Gasteiger partial charge in [0.2, 0.25) is 5.91 Å². The number of hydrogen-bond donors (Lipinski definition) is 2. The van der Waals surface area contributed by atoms with Crippen LogP contribution in [0.3, 0.4) is 0 Å². The summed E-state index contributed by atoms with van der Waals surface area (Å²) in [7, 11) is 1.66. The molecule has 0 aliphatic heterocycles. The van der Waals surface area contributed by atoms with E-state index in [1.807, 2.05) is 24.3 Å². The molecule has 178 valence electrons. The Balaban J connectivity index is 1.38. The van der Waals surface area contributed by atoms with E-state index in [0.717, 1.165) is 60.8 Å². The first-order valence-corrected chi connectivity index (χ1v) is 12.9. The average Bonchev–Trinajstić information content (AvgIpc) is 3.49. The number of rotatable bonds is 8. The van der Waals surface area contributed by atoms with Crippen molar-refractivity contribution in [1.82, 2.24) is 25.4 Å². The highest BCUT2D eigenvalue weighted by atomic mass is 32.2. The number of imide groups is 1. The maximum absolute atomic E-state index is 12.3. The molecule has 2 aliphatic rings. The first-order valence-electron chi connectivity index (χ1n) is 12.0. The minimum atomic E-state index is -0.385. The molecule has 2 fully saturated rings. The van der Waals surface area contributed by atoms with E-state index in [-0.39, 0.29) is 24.4 Å². The summed E-state index contributed by atoms with van der Waals surface area (Å²) in [5, 5.41) is 15.1. The first-order chi connectivity index (χ1) is 16.1. The Labute approximate surface area is 199 Å². The second kappa shape index (κ2) is 11.5. The molecule has 0 saturated heterocycles. The van der Waals surface area contributed by atoms with Gasteiger partial charge in [0.1, 0.15) is 5.75 Å². The number of amides is 3. The average molecular weight is 472 g/mol. The van der Waals surface area contributed by atoms with Crippen molar-refractivity contribution in [1.29, 1.82) is 0 Å². The second-order valence-electron chi connectivity index (χ2n) is 8.80. The number of nitrogens with zero attached hydrogens (tertiary/aromatic N) is 3. The van der Waals surface area contributed by atoms with Gasteiger partial charge in [-0.25, -0.2) is 4.79 Å². The highest BCUT2D eigenvalue weighted by Gasteiger charge is 2.24. The molecule has 0 atom stereocenters. The molecule has 0 bridgehead atoms. The van der Waals surface area contributed by atoms with Gasteiger partial charge < -0.3 is 10.1 Å². The summed E-state index contributed by atoms with van der Waals surface area (Å²) >= 11 is 1.52. The van der Waals surface area contributed by atoms with Crippen LogP contribution in [0, 0.1) is 0 Å². The third kappa shape index (κ3) is 6.28. The van der Waals surface area contributed by atoms with Crippen molar-refractivity contribution in [2.75, 3.05) is 12.9 Å². The predicted molar refractivity (Wildman–Crippen MR) is 128 cm³/mol. The number of hydrogen-bond acceptors (Lipinski definition) is 6. The van der Waals surface area contributed by atoms with Gasteiger partial charge in [0.05, 0.1) is 7.11 Å². The summed E-state index contributed by atoms with van der Waals surface area (Å²) in [6.07, 6.45) is 10.4. The largest absolute Gasteiger partial charge is 0.497 e. The van der Waals surface area contributed by atoms with Crippen LogP contribution in [0.25, 0.3) is 11.4 Å². The molecule has 33 heavy (non-hydrogen) atoms. The van der Waals surface area contributed by atoms with Gasteiger partial charge in [-0.3, -0.25) is 14.7 Å². The molecule has 3 amide bonds. The maximum Gasteiger partial charge on any atom is 0.321 e. The van der Waals surface area contributed by atoms with Gasteiger partial charge in [-0.1, -0.05) is 43.9 Å². The first kappa shape index (κ1) is 23.6. The lowest BCUT2D eigenvalue weighted by Crippen LogP contribution is -2.43. The lowest BCUT2D eigenvalue weighted by Gasteiger charge is -2.25. The molecule has 0 unspecified atom stereocenters. The number of ether oxygens (including phenoxy) is 1. The molecule has 2 saturated carbocycles. The predicted octanol–water partition coefficient (Wildman–Crippen LogP) is 4.71. The highest BCUT2D eigenvalue weighted by Crippen LogP contribution is 2.36. The quantitative estimate of drug-likeness (QED) is 0.541. The summed E-state index contributed by atoms with van der Waals surface area (Å²) in [4.78, 5) is 24.3. The SMILES string of the molecule is COc1ccc(-c2nnc(SCCC(=O)NC(=O)NC3CCCC3)n2C2CCCCC2)cc1. The van der Waals surface area contributed by atoms with Crippen LogP contribution in [-0.4, -0.2) is 45.6 Å². The lowest BCUT2D eigenvalue weighted by molar-refractivity contribution is -0.119. The standard InChI is InChI=1S/C24H33N5O3S/c1-32-20-13-11-17(12-14-20)22-27-28-24(29(22)19-9-3-2-4-10-19)33-16-15-21(30)26-23(31)25-18-7-5-6-8-18/h11-14,18-19H,2-10,15-16H2,1H3,(H2,25,26,30,31). The summed E-state index contributed by atoms with van der Waals surface area (Å²) < 4.78 is 7.53. The van der Waals surface area contributed by atoms with Gasteiger partial charge in [0.15, 0.2) is 11.0 Å². The zero-order valence-electron chi connectivity index (χ0n) is 19.2. The number of methoxy groups -OCH3 is 1. The fourth-order valence-electron chi connectivity index (χ4n) is 4.70. The molecule has 2 aliphatic carbocycles. The molecule has 0 radical (unpaired) electrons. The zero-order valence-corrected chi connectivity index (χ0v) is 20.0. The fraction of sp³-hybridized carbons (Fsp3) is 0.583. The number of carbonyl (C=O) groups is 2. The van der Waals surface area contributed by atoms with Crippen molar-refractivity contribution in [3.63, 3.8) is 0 Å². The molecule has 4 rings (SSSR count). The maximum atomic E-state index is 12.3. The lowest BCUT2D eigenvalue weighted by atomic mass is 9.95. The van der Waals surface area contributed by atoms with Crippen molar-refractivity contribution in [3.8, 4) is 17.1 Å². The van der Waals surface area contributed by atoms with Gasteiger partial charge in [-0.05, 0) is 49.9 Å². The van der Waals surface area contributed by atoms with Crippen LogP contribution < -0.4 is 15.4 Å². The number of benzene rings is 1. The third-order valence-corrected chi connectivity index (χ3v) is 7.40. The van der Waals surface area contributed by atoms with E-state index in [9.17, 15) is 9.59 Å². The molecule has 2 N–H and O–H groups in total. The molecule has 9 heteroatoms. The van der Waals surface area contributed by atoms with Crippen molar-refractivity contribution in [3.05, 3.63) is 24.3 Å². The van der Waals surface area contributed by atoms with Crippen molar-refractivity contribution >= 4 is 23.7 Å². The molecule has 0 spiro atoms. The minimum Gasteiger partial charge on any atom is -0.497 e. The van der Waals surface area contributed by atoms with Gasteiger partial charge in [-0.2, -0.15) is 0 Å². The fourth-order valence-corrected chi connectivity index (χ4v) is 5.64. The summed E-state index contributed by atoms with van der Waals surface area (Å²) in [5.74, 6) is 1.93. The Morgan fingerprint density at radius 2 is 1.73 bits per heavy atom. The molecule has 1 aromatic heterocycles. The van der Waals surface area contributed by atoms with E-state index >= 15 is 0 Å². The van der Waals surface area contributed by atoms with E-state index in [0.29, 0.717) is 11.8 Å². The van der Waals surface area contributed by atoms with E-state index in [4.69, 9.17) is 4.74 Å². The molecule has 8 nitrogen and oxygen atoms in total. The smallest absolute Gasteiger partial charge is 0.321 e. The number of nitrogens with one attached hydrogen (secondary N) is 2. The van der Waals surface area contributed by atoms with Gasteiger partial charge >= 0.3 is 6.03 Å². The molecular formula is C24H33N5O3S. The van der Waals surface area contributed by atoms with Crippen LogP contribution in [0.1, 0.15) is 70.3 Å². The van der Waals surface area contributed by atoms with Crippen LogP contribution >= 0.6 is 11.8 Å². The van der Waals surface area contributed by atoms with E-state index < -0.39 is 0 Å². The molecular weight excluding hydrogens is 438 g/mol. The van der Waals surface area contributed by atoms with E-state index in [1.54, 1.807) is 7.11 Å². The van der Waals surface area contributed by atoms with Crippen LogP contribution in [-0.2, 0) is 4.79 Å². The summed E-state index contributed by atoms with van der Waals surface area (Å²) in [6, 6.07) is 8.05. The second-order valence-corrected chi connectivity index (χ2v) is 9.86. The van der Waals surface area contributed by atoms with Crippen LogP contribution in [0.5, 0.6) is 5.75 Å². The number of carbonyl (C=O) groups excluding carboxylic acids is 2. The number of thioether (sulfide) groups is 1. The highest BCUT2D eigenvalue weighted by molar-refractivity contribution is 7.99. The Bertz CT molecular complexity index is 934. The van der Waals surface area contributed by atoms with Crippen molar-refractivity contribution in [2.45, 2.75) is 81.4 Å². The summed E-state index contributed by atoms with van der Waals surface area (Å²) in [6.45, 7) is 0. The Morgan fingerprint density at radius 1 is 1.03 bits per heavy atom. The molecule has 2 aromatic rings. The summed E-state index contributed by atoms with van der Waals surface area (Å²) in [5.41, 5.74) is 1.00. The van der Waals surface area contributed by atoms with Gasteiger partial charge in [0.25, 0.3) is 0 Å². The molecule has 1 heterocycles. The van der Waals surface area contributed by atoms with Gasteiger partial charge in [-0.15, -0.1) is 10.2 Å². The Morgan fingerprint density at radius 3 is 2.42 bits per heavy atom. The van der Waals surface area contributed by atoms with Crippen LogP contribution in [0.2, 0.25) is 0 Å². The van der Waals surface area contributed by atoms with Crippen LogP contribution in [0.15, 0.2) is 29.4 Å². The minimum absolute atomic E-state index is 0.192. The normalized spacial score (nSPS) is 17.1. The van der Waals surface area contributed by atoms with Crippen LogP contribution in [0.4, 0.5) is 4.79 Å². The number of aromatic nitrogens is 3. The number of urea groups is 1. The topological polar surface area (TPSA) is 98.1 Å². The molecule has 1 aromatic carbocycles. The van der Waals surface area contributed by atoms with E-state index in [2.05, 4.69) is 25.4 Å². The van der Waals surface area contributed by atoms with Gasteiger partial charge in [0, 0.05) is 29.8 Å². The Hall–Kier alpha value is -2.55. The van der Waals surface area contributed by atoms with Crippen molar-refractivity contribution < 1.29 is 14.3 Å².